The van der Waals surface area contributed by atoms with Crippen LogP contribution in [0, 0.1) is 0 Å². The van der Waals surface area contributed by atoms with Crippen molar-refractivity contribution in [2.24, 2.45) is 0 Å². The molecule has 0 bridgehead atoms. The minimum absolute atomic E-state index is 0.119. The first kappa shape index (κ1) is 16.5. The predicted molar refractivity (Wildman–Crippen MR) is 80.7 cm³/mol. The lowest BCUT2D eigenvalue weighted by atomic mass is 9.99. The van der Waals surface area contributed by atoms with Crippen LogP contribution in [-0.2, 0) is 28.5 Å². The standard InChI is InChI=1S/C17H22O6/c1-10(2)21-15-13(18)14-12(22-17(15)19-3)9-20-16(23-14)11-7-5-4-6-8-11/h4-8,10,12,14-17H,9H2,1-3H3/t12-,14-,15+,16-,17+/m1/s1. The maximum Gasteiger partial charge on any atom is 0.198 e. The Bertz CT molecular complexity index is 531. The van der Waals surface area contributed by atoms with E-state index in [0.717, 1.165) is 5.56 Å². The first-order valence-corrected chi connectivity index (χ1v) is 7.79. The quantitative estimate of drug-likeness (QED) is 0.843. The maximum absolute atomic E-state index is 12.8. The Kier molecular flexibility index (Phi) is 5.08. The highest BCUT2D eigenvalue weighted by molar-refractivity contribution is 5.89. The molecule has 6 nitrogen and oxygen atoms in total. The maximum atomic E-state index is 12.8. The minimum atomic E-state index is -0.796. The smallest absolute Gasteiger partial charge is 0.198 e. The van der Waals surface area contributed by atoms with Crippen molar-refractivity contribution >= 4 is 5.78 Å². The second-order valence-electron chi connectivity index (χ2n) is 5.92. The predicted octanol–water partition coefficient (Wildman–Crippen LogP) is 1.83. The van der Waals surface area contributed by atoms with Gasteiger partial charge >= 0.3 is 0 Å². The number of hydrogen-bond donors (Lipinski definition) is 0. The molecule has 126 valence electrons. The second-order valence-corrected chi connectivity index (χ2v) is 5.92. The van der Waals surface area contributed by atoms with Crippen LogP contribution in [0.5, 0.6) is 0 Å². The minimum Gasteiger partial charge on any atom is -0.362 e. The van der Waals surface area contributed by atoms with Crippen LogP contribution in [0.1, 0.15) is 25.7 Å². The Labute approximate surface area is 135 Å². The molecule has 0 N–H and O–H groups in total. The van der Waals surface area contributed by atoms with Crippen LogP contribution in [0.15, 0.2) is 30.3 Å². The van der Waals surface area contributed by atoms with Crippen LogP contribution >= 0.6 is 0 Å². The summed E-state index contributed by atoms with van der Waals surface area (Å²) in [6, 6.07) is 9.52. The zero-order valence-corrected chi connectivity index (χ0v) is 13.5. The third-order valence-corrected chi connectivity index (χ3v) is 3.86. The molecule has 5 atom stereocenters. The van der Waals surface area contributed by atoms with E-state index in [1.54, 1.807) is 0 Å². The van der Waals surface area contributed by atoms with Crippen LogP contribution < -0.4 is 0 Å². The van der Waals surface area contributed by atoms with Crippen molar-refractivity contribution in [3.8, 4) is 0 Å². The van der Waals surface area contributed by atoms with Gasteiger partial charge < -0.3 is 23.7 Å². The van der Waals surface area contributed by atoms with E-state index in [0.29, 0.717) is 0 Å². The molecule has 0 amide bonds. The molecule has 2 saturated heterocycles. The number of benzene rings is 1. The fourth-order valence-corrected chi connectivity index (χ4v) is 2.82. The van der Waals surface area contributed by atoms with Gasteiger partial charge in [-0.25, -0.2) is 0 Å². The Morgan fingerprint density at radius 1 is 1.17 bits per heavy atom. The monoisotopic (exact) mass is 322 g/mol. The lowest BCUT2D eigenvalue weighted by molar-refractivity contribution is -0.319. The fraction of sp³-hybridized carbons (Fsp3) is 0.588. The Balaban J connectivity index is 1.76. The van der Waals surface area contributed by atoms with Gasteiger partial charge in [0.2, 0.25) is 0 Å². The third-order valence-electron chi connectivity index (χ3n) is 3.86. The molecule has 2 aliphatic heterocycles. The SMILES string of the molecule is CO[C@H]1O[C@@H]2CO[C@@H](c3ccccc3)O[C@H]2C(=O)[C@@H]1OC(C)C. The zero-order chi connectivity index (χ0) is 16.4. The molecule has 0 aliphatic carbocycles. The number of rotatable bonds is 4. The van der Waals surface area contributed by atoms with Crippen LogP contribution in [-0.4, -0.2) is 50.2 Å². The number of ketones is 1. The molecule has 3 rings (SSSR count). The van der Waals surface area contributed by atoms with E-state index in [1.807, 2.05) is 44.2 Å². The van der Waals surface area contributed by atoms with E-state index in [-0.39, 0.29) is 18.5 Å². The van der Waals surface area contributed by atoms with E-state index in [2.05, 4.69) is 0 Å². The first-order chi connectivity index (χ1) is 11.1. The van der Waals surface area contributed by atoms with E-state index in [9.17, 15) is 4.79 Å². The normalized spacial score (nSPS) is 34.4. The van der Waals surface area contributed by atoms with Crippen molar-refractivity contribution in [1.82, 2.24) is 0 Å². The van der Waals surface area contributed by atoms with Gasteiger partial charge in [-0.2, -0.15) is 0 Å². The number of methoxy groups -OCH3 is 1. The van der Waals surface area contributed by atoms with Gasteiger partial charge in [-0.1, -0.05) is 30.3 Å². The van der Waals surface area contributed by atoms with Gasteiger partial charge in [0.05, 0.1) is 12.7 Å². The Morgan fingerprint density at radius 2 is 1.91 bits per heavy atom. The summed E-state index contributed by atoms with van der Waals surface area (Å²) in [5.74, 6) is -0.161. The van der Waals surface area contributed by atoms with Crippen LogP contribution in [0.25, 0.3) is 0 Å². The average molecular weight is 322 g/mol. The van der Waals surface area contributed by atoms with E-state index in [1.165, 1.54) is 7.11 Å². The highest BCUT2D eigenvalue weighted by Crippen LogP contribution is 2.33. The van der Waals surface area contributed by atoms with Gasteiger partial charge in [0.25, 0.3) is 0 Å². The third kappa shape index (κ3) is 3.46. The summed E-state index contributed by atoms with van der Waals surface area (Å²) in [5, 5.41) is 0. The van der Waals surface area contributed by atoms with Gasteiger partial charge in [0.1, 0.15) is 6.10 Å². The summed E-state index contributed by atoms with van der Waals surface area (Å²) in [6.07, 6.45) is -3.44. The molecule has 2 fully saturated rings. The molecule has 1 aromatic carbocycles. The Hall–Kier alpha value is -1.31. The molecular weight excluding hydrogens is 300 g/mol. The van der Waals surface area contributed by atoms with Gasteiger partial charge in [-0.3, -0.25) is 4.79 Å². The molecule has 2 aliphatic rings. The number of fused-ring (bicyclic) bond motifs is 1. The number of Topliss-reactive ketones (excluding diaryl/α,β-unsaturated/α-hetero) is 1. The molecule has 2 heterocycles. The highest BCUT2D eigenvalue weighted by atomic mass is 16.8. The molecule has 0 aromatic heterocycles. The number of carbonyl (C=O) groups excluding carboxylic acids is 1. The lowest BCUT2D eigenvalue weighted by Gasteiger charge is -2.43. The zero-order valence-electron chi connectivity index (χ0n) is 13.5. The molecule has 23 heavy (non-hydrogen) atoms. The van der Waals surface area contributed by atoms with Crippen molar-refractivity contribution in [3.05, 3.63) is 35.9 Å². The van der Waals surface area contributed by atoms with E-state index in [4.69, 9.17) is 23.7 Å². The van der Waals surface area contributed by atoms with Crippen molar-refractivity contribution in [3.63, 3.8) is 0 Å². The van der Waals surface area contributed by atoms with Crippen LogP contribution in [0.2, 0.25) is 0 Å². The molecule has 0 spiro atoms. The molecule has 0 unspecified atom stereocenters. The molecule has 0 saturated carbocycles. The van der Waals surface area contributed by atoms with Crippen LogP contribution in [0.3, 0.4) is 0 Å². The summed E-state index contributed by atoms with van der Waals surface area (Å²) < 4.78 is 28.3. The van der Waals surface area contributed by atoms with Gasteiger partial charge in [0.15, 0.2) is 30.6 Å². The van der Waals surface area contributed by atoms with Gasteiger partial charge in [-0.15, -0.1) is 0 Å². The largest absolute Gasteiger partial charge is 0.362 e. The molecular formula is C17H22O6. The molecule has 6 heteroatoms. The summed E-state index contributed by atoms with van der Waals surface area (Å²) in [5.41, 5.74) is 0.869. The van der Waals surface area contributed by atoms with Crippen molar-refractivity contribution in [2.45, 2.75) is 50.8 Å². The first-order valence-electron chi connectivity index (χ1n) is 7.79. The van der Waals surface area contributed by atoms with Crippen LogP contribution in [0.4, 0.5) is 0 Å². The summed E-state index contributed by atoms with van der Waals surface area (Å²) in [6.45, 7) is 4.00. The number of carbonyl (C=O) groups is 1. The Morgan fingerprint density at radius 3 is 2.57 bits per heavy atom. The fourth-order valence-electron chi connectivity index (χ4n) is 2.82. The molecule has 0 radical (unpaired) electrons. The average Bonchev–Trinajstić information content (AvgIpc) is 2.57. The van der Waals surface area contributed by atoms with E-state index < -0.39 is 30.9 Å². The number of ether oxygens (including phenoxy) is 5. The van der Waals surface area contributed by atoms with Crippen molar-refractivity contribution < 1.29 is 28.5 Å². The summed E-state index contributed by atoms with van der Waals surface area (Å²) in [4.78, 5) is 12.8. The highest BCUT2D eigenvalue weighted by Gasteiger charge is 2.50. The van der Waals surface area contributed by atoms with E-state index >= 15 is 0 Å². The van der Waals surface area contributed by atoms with Crippen molar-refractivity contribution in [1.29, 1.82) is 0 Å². The number of hydrogen-bond acceptors (Lipinski definition) is 6. The lowest BCUT2D eigenvalue weighted by Crippen LogP contribution is -2.60. The van der Waals surface area contributed by atoms with Crippen molar-refractivity contribution in [2.75, 3.05) is 13.7 Å². The summed E-state index contributed by atoms with van der Waals surface area (Å²) >= 11 is 0. The van der Waals surface area contributed by atoms with Gasteiger partial charge in [-0.05, 0) is 13.8 Å². The molecule has 1 aromatic rings. The summed E-state index contributed by atoms with van der Waals surface area (Å²) in [7, 11) is 1.49. The van der Waals surface area contributed by atoms with Gasteiger partial charge in [0, 0.05) is 12.7 Å². The topological polar surface area (TPSA) is 63.2 Å². The second kappa shape index (κ2) is 7.07.